The molecule has 1 heterocycles. The third-order valence-electron chi connectivity index (χ3n) is 0.425. The SMILES string of the molecule is [Cl-].[Cl-].[Mg+2].c1ccoc1. The predicted molar refractivity (Wildman–Crippen MR) is 24.5 cm³/mol. The average Bonchev–Trinajstić information content (AvgIpc) is 1.76. The van der Waals surface area contributed by atoms with Gasteiger partial charge >= 0.3 is 23.1 Å². The summed E-state index contributed by atoms with van der Waals surface area (Å²) in [6.45, 7) is 0. The second-order valence-corrected chi connectivity index (χ2v) is 0.793. The number of hydrogen-bond acceptors (Lipinski definition) is 1. The van der Waals surface area contributed by atoms with Gasteiger partial charge in [-0.05, 0) is 12.1 Å². The molecule has 0 fully saturated rings. The largest absolute Gasteiger partial charge is 2.00 e. The van der Waals surface area contributed by atoms with Crippen LogP contribution in [0.3, 0.4) is 0 Å². The molecule has 0 aliphatic heterocycles. The molecule has 0 saturated heterocycles. The Bertz CT molecular complexity index is 70.5. The van der Waals surface area contributed by atoms with Gasteiger partial charge in [0.25, 0.3) is 0 Å². The Morgan fingerprint density at radius 3 is 1.38 bits per heavy atom. The number of hydrogen-bond donors (Lipinski definition) is 0. The molecular weight excluding hydrogens is 159 g/mol. The molecule has 0 spiro atoms. The molecule has 0 aromatic carbocycles. The molecule has 0 saturated carbocycles. The average molecular weight is 163 g/mol. The number of halogens is 2. The zero-order chi connectivity index (χ0) is 3.54. The summed E-state index contributed by atoms with van der Waals surface area (Å²) in [5.41, 5.74) is 0. The second-order valence-electron chi connectivity index (χ2n) is 0.793. The molecule has 0 aliphatic carbocycles. The van der Waals surface area contributed by atoms with E-state index in [0.29, 0.717) is 0 Å². The molecule has 0 unspecified atom stereocenters. The van der Waals surface area contributed by atoms with Crippen molar-refractivity contribution < 1.29 is 29.2 Å². The molecule has 8 heavy (non-hydrogen) atoms. The molecule has 1 nitrogen and oxygen atoms in total. The molecule has 0 radical (unpaired) electrons. The summed E-state index contributed by atoms with van der Waals surface area (Å²) < 4.78 is 4.58. The maximum absolute atomic E-state index is 4.58. The molecular formula is C4H4Cl2MgO. The summed E-state index contributed by atoms with van der Waals surface area (Å²) in [4.78, 5) is 0. The van der Waals surface area contributed by atoms with Crippen molar-refractivity contribution in [2.45, 2.75) is 0 Å². The van der Waals surface area contributed by atoms with Crippen LogP contribution in [-0.2, 0) is 0 Å². The van der Waals surface area contributed by atoms with E-state index in [1.54, 1.807) is 12.5 Å². The van der Waals surface area contributed by atoms with Crippen LogP contribution < -0.4 is 24.8 Å². The first kappa shape index (κ1) is 15.8. The Kier molecular flexibility index (Phi) is 21.0. The summed E-state index contributed by atoms with van der Waals surface area (Å²) in [5, 5.41) is 0. The number of furan rings is 1. The van der Waals surface area contributed by atoms with Crippen molar-refractivity contribution in [3.63, 3.8) is 0 Å². The van der Waals surface area contributed by atoms with Gasteiger partial charge in [-0.25, -0.2) is 0 Å². The maximum Gasteiger partial charge on any atom is 2.00 e. The van der Waals surface area contributed by atoms with Crippen LogP contribution in [0.1, 0.15) is 0 Å². The maximum atomic E-state index is 4.58. The summed E-state index contributed by atoms with van der Waals surface area (Å²) in [7, 11) is 0. The Balaban J connectivity index is -0.0000000833. The van der Waals surface area contributed by atoms with E-state index in [0.717, 1.165) is 0 Å². The minimum Gasteiger partial charge on any atom is -1.00 e. The van der Waals surface area contributed by atoms with Crippen molar-refractivity contribution in [2.75, 3.05) is 0 Å². The third-order valence-corrected chi connectivity index (χ3v) is 0.425. The van der Waals surface area contributed by atoms with E-state index in [2.05, 4.69) is 4.42 Å². The van der Waals surface area contributed by atoms with Crippen LogP contribution in [0.2, 0.25) is 0 Å². The summed E-state index contributed by atoms with van der Waals surface area (Å²) in [5.74, 6) is 0. The van der Waals surface area contributed by atoms with Crippen LogP contribution in [0.25, 0.3) is 0 Å². The van der Waals surface area contributed by atoms with Crippen molar-refractivity contribution >= 4 is 23.1 Å². The standard InChI is InChI=1S/C4H4O.2ClH.Mg/c1-2-4-5-3-1;;;/h1-4H;2*1H;/q;;;+2/p-2. The van der Waals surface area contributed by atoms with Gasteiger partial charge in [-0.2, -0.15) is 0 Å². The molecule has 0 aliphatic rings. The summed E-state index contributed by atoms with van der Waals surface area (Å²) in [6.07, 6.45) is 3.25. The second kappa shape index (κ2) is 10.6. The van der Waals surface area contributed by atoms with Gasteiger partial charge in [0.1, 0.15) is 0 Å². The molecule has 1 aromatic heterocycles. The van der Waals surface area contributed by atoms with Gasteiger partial charge in [-0.1, -0.05) is 0 Å². The zero-order valence-electron chi connectivity index (χ0n) is 4.18. The molecule has 4 heteroatoms. The van der Waals surface area contributed by atoms with Crippen LogP contribution in [0.15, 0.2) is 29.1 Å². The first-order chi connectivity index (χ1) is 2.50. The fraction of sp³-hybridized carbons (Fsp3) is 0. The van der Waals surface area contributed by atoms with Crippen LogP contribution in [0, 0.1) is 0 Å². The first-order valence-corrected chi connectivity index (χ1v) is 1.47. The van der Waals surface area contributed by atoms with Gasteiger partial charge in [0, 0.05) is 0 Å². The van der Waals surface area contributed by atoms with E-state index < -0.39 is 0 Å². The Hall–Kier alpha value is 0.626. The normalized spacial score (nSPS) is 5.00. The van der Waals surface area contributed by atoms with E-state index in [1.165, 1.54) is 0 Å². The molecule has 0 atom stereocenters. The van der Waals surface area contributed by atoms with E-state index in [1.807, 2.05) is 12.1 Å². The van der Waals surface area contributed by atoms with Gasteiger partial charge in [0.15, 0.2) is 0 Å². The molecule has 42 valence electrons. The van der Waals surface area contributed by atoms with Gasteiger partial charge in [-0.15, -0.1) is 0 Å². The Morgan fingerprint density at radius 2 is 1.25 bits per heavy atom. The van der Waals surface area contributed by atoms with Crippen LogP contribution in [-0.4, -0.2) is 23.1 Å². The fourth-order valence-corrected chi connectivity index (χ4v) is 0.227. The molecule has 0 amide bonds. The Labute approximate surface area is 76.8 Å². The molecule has 1 rings (SSSR count). The van der Waals surface area contributed by atoms with Crippen molar-refractivity contribution in [3.8, 4) is 0 Å². The van der Waals surface area contributed by atoms with Gasteiger partial charge in [0.2, 0.25) is 0 Å². The quantitative estimate of drug-likeness (QED) is 0.349. The van der Waals surface area contributed by atoms with Crippen molar-refractivity contribution in [1.82, 2.24) is 0 Å². The van der Waals surface area contributed by atoms with Crippen molar-refractivity contribution in [1.29, 1.82) is 0 Å². The monoisotopic (exact) mass is 162 g/mol. The van der Waals surface area contributed by atoms with Crippen LogP contribution >= 0.6 is 0 Å². The predicted octanol–water partition coefficient (Wildman–Crippen LogP) is -5.09. The van der Waals surface area contributed by atoms with Crippen LogP contribution in [0.4, 0.5) is 0 Å². The molecule has 0 bridgehead atoms. The molecule has 0 N–H and O–H groups in total. The number of rotatable bonds is 0. The van der Waals surface area contributed by atoms with Gasteiger partial charge < -0.3 is 29.2 Å². The van der Waals surface area contributed by atoms with Gasteiger partial charge in [0.05, 0.1) is 12.5 Å². The summed E-state index contributed by atoms with van der Waals surface area (Å²) >= 11 is 0. The van der Waals surface area contributed by atoms with E-state index in [9.17, 15) is 0 Å². The topological polar surface area (TPSA) is 13.1 Å². The summed E-state index contributed by atoms with van der Waals surface area (Å²) in [6, 6.07) is 3.67. The molecule has 1 aromatic rings. The van der Waals surface area contributed by atoms with E-state index in [-0.39, 0.29) is 47.9 Å². The zero-order valence-corrected chi connectivity index (χ0v) is 7.11. The smallest absolute Gasteiger partial charge is 1.00 e. The van der Waals surface area contributed by atoms with E-state index in [4.69, 9.17) is 0 Å². The first-order valence-electron chi connectivity index (χ1n) is 1.47. The fourth-order valence-electron chi connectivity index (χ4n) is 0.227. The van der Waals surface area contributed by atoms with Crippen molar-refractivity contribution in [3.05, 3.63) is 24.7 Å². The minimum absolute atomic E-state index is 0. The third kappa shape index (κ3) is 6.63. The van der Waals surface area contributed by atoms with Gasteiger partial charge in [-0.3, -0.25) is 0 Å². The minimum atomic E-state index is 0. The van der Waals surface area contributed by atoms with E-state index >= 15 is 0 Å². The van der Waals surface area contributed by atoms with Crippen LogP contribution in [0.5, 0.6) is 0 Å². The Morgan fingerprint density at radius 1 is 0.875 bits per heavy atom. The van der Waals surface area contributed by atoms with Crippen molar-refractivity contribution in [2.24, 2.45) is 0 Å².